The number of nitrogens with one attached hydrogen (secondary N) is 1. The maximum atomic E-state index is 13.2. The number of methoxy groups -OCH3 is 1. The number of rotatable bonds is 5. The Kier molecular flexibility index (Phi) is 4.74. The third-order valence-electron chi connectivity index (χ3n) is 5.70. The molecule has 29 heavy (non-hydrogen) atoms. The van der Waals surface area contributed by atoms with Crippen molar-refractivity contribution in [2.75, 3.05) is 20.7 Å². The molecule has 7 heteroatoms. The van der Waals surface area contributed by atoms with Gasteiger partial charge in [-0.15, -0.1) is 0 Å². The lowest BCUT2D eigenvalue weighted by molar-refractivity contribution is -0.138. The van der Waals surface area contributed by atoms with E-state index in [1.807, 2.05) is 48.5 Å². The summed E-state index contributed by atoms with van der Waals surface area (Å²) in [5, 5.41) is 2.84. The molecule has 0 aromatic heterocycles. The molecule has 1 atom stereocenters. The largest absolute Gasteiger partial charge is 0.497 e. The first kappa shape index (κ1) is 19.0. The number of ether oxygens (including phenoxy) is 1. The van der Waals surface area contributed by atoms with Gasteiger partial charge < -0.3 is 15.0 Å². The summed E-state index contributed by atoms with van der Waals surface area (Å²) in [6, 6.07) is 14.5. The van der Waals surface area contributed by atoms with Gasteiger partial charge in [0.25, 0.3) is 5.91 Å². The highest BCUT2D eigenvalue weighted by molar-refractivity contribution is 6.09. The summed E-state index contributed by atoms with van der Waals surface area (Å²) >= 11 is 0. The molecular weight excluding hydrogens is 370 g/mol. The van der Waals surface area contributed by atoms with E-state index >= 15 is 0 Å². The van der Waals surface area contributed by atoms with E-state index in [0.717, 1.165) is 28.0 Å². The molecule has 1 spiro atoms. The highest BCUT2D eigenvalue weighted by atomic mass is 16.5. The minimum absolute atomic E-state index is 0.283. The number of imide groups is 1. The van der Waals surface area contributed by atoms with Crippen LogP contribution < -0.4 is 10.1 Å². The van der Waals surface area contributed by atoms with Crippen LogP contribution in [0.2, 0.25) is 0 Å². The number of carbonyl (C=O) groups is 3. The van der Waals surface area contributed by atoms with Crippen LogP contribution >= 0.6 is 0 Å². The first-order chi connectivity index (χ1) is 13.9. The number of hydrogen-bond acceptors (Lipinski definition) is 4. The first-order valence-electron chi connectivity index (χ1n) is 9.54. The van der Waals surface area contributed by atoms with Crippen LogP contribution in [0.1, 0.15) is 23.1 Å². The van der Waals surface area contributed by atoms with Gasteiger partial charge in [0.05, 0.1) is 7.11 Å². The van der Waals surface area contributed by atoms with Gasteiger partial charge in [-0.25, -0.2) is 4.79 Å². The van der Waals surface area contributed by atoms with E-state index in [1.54, 1.807) is 14.2 Å². The summed E-state index contributed by atoms with van der Waals surface area (Å²) < 4.78 is 5.21. The molecule has 1 aliphatic heterocycles. The van der Waals surface area contributed by atoms with Gasteiger partial charge in [-0.3, -0.25) is 14.5 Å². The van der Waals surface area contributed by atoms with Gasteiger partial charge in [0.15, 0.2) is 0 Å². The lowest BCUT2D eigenvalue weighted by Crippen LogP contribution is -2.44. The van der Waals surface area contributed by atoms with Crippen molar-refractivity contribution in [2.45, 2.75) is 24.9 Å². The molecule has 150 valence electrons. The van der Waals surface area contributed by atoms with E-state index in [2.05, 4.69) is 5.32 Å². The van der Waals surface area contributed by atoms with Crippen LogP contribution in [0.15, 0.2) is 48.5 Å². The Morgan fingerprint density at radius 3 is 2.79 bits per heavy atom. The molecule has 0 saturated carbocycles. The maximum Gasteiger partial charge on any atom is 0.325 e. The van der Waals surface area contributed by atoms with Crippen LogP contribution in [0, 0.1) is 0 Å². The topological polar surface area (TPSA) is 79.0 Å². The van der Waals surface area contributed by atoms with Crippen molar-refractivity contribution in [1.82, 2.24) is 15.1 Å². The average molecular weight is 393 g/mol. The monoisotopic (exact) mass is 393 g/mol. The van der Waals surface area contributed by atoms with E-state index in [0.29, 0.717) is 18.7 Å². The lowest BCUT2D eigenvalue weighted by Gasteiger charge is -2.23. The van der Waals surface area contributed by atoms with Crippen molar-refractivity contribution >= 4 is 17.8 Å². The molecule has 1 N–H and O–H groups in total. The van der Waals surface area contributed by atoms with E-state index in [-0.39, 0.29) is 18.4 Å². The van der Waals surface area contributed by atoms with Gasteiger partial charge in [-0.2, -0.15) is 0 Å². The Bertz CT molecular complexity index is 990. The predicted octanol–water partition coefficient (Wildman–Crippen LogP) is 2.05. The van der Waals surface area contributed by atoms with Crippen molar-refractivity contribution in [2.24, 2.45) is 0 Å². The second-order valence-electron chi connectivity index (χ2n) is 7.49. The van der Waals surface area contributed by atoms with Gasteiger partial charge in [0.2, 0.25) is 5.91 Å². The normalized spacial score (nSPS) is 20.0. The Labute approximate surface area is 169 Å². The van der Waals surface area contributed by atoms with E-state index in [9.17, 15) is 14.4 Å². The van der Waals surface area contributed by atoms with Crippen molar-refractivity contribution in [3.63, 3.8) is 0 Å². The quantitative estimate of drug-likeness (QED) is 0.789. The Hall–Kier alpha value is -3.35. The van der Waals surface area contributed by atoms with Crippen LogP contribution in [0.25, 0.3) is 0 Å². The van der Waals surface area contributed by atoms with Gasteiger partial charge in [-0.05, 0) is 41.7 Å². The predicted molar refractivity (Wildman–Crippen MR) is 106 cm³/mol. The Morgan fingerprint density at radius 2 is 2.00 bits per heavy atom. The summed E-state index contributed by atoms with van der Waals surface area (Å²) in [7, 11) is 3.24. The fourth-order valence-electron chi connectivity index (χ4n) is 4.12. The van der Waals surface area contributed by atoms with Gasteiger partial charge in [0, 0.05) is 13.6 Å². The molecule has 7 nitrogen and oxygen atoms in total. The number of fused-ring (bicyclic) bond motifs is 2. The third kappa shape index (κ3) is 3.22. The van der Waals surface area contributed by atoms with Crippen LogP contribution in [0.3, 0.4) is 0 Å². The molecule has 0 unspecified atom stereocenters. The molecule has 0 radical (unpaired) electrons. The highest BCUT2D eigenvalue weighted by Gasteiger charge is 2.55. The minimum Gasteiger partial charge on any atom is -0.497 e. The van der Waals surface area contributed by atoms with Crippen LogP contribution in [-0.2, 0) is 28.1 Å². The molecule has 2 aromatic carbocycles. The summed E-state index contributed by atoms with van der Waals surface area (Å²) in [6.45, 7) is 0.0721. The molecule has 4 amide bonds. The minimum atomic E-state index is -1.04. The highest BCUT2D eigenvalue weighted by Crippen LogP contribution is 2.41. The van der Waals surface area contributed by atoms with E-state index in [1.165, 1.54) is 4.90 Å². The number of benzene rings is 2. The number of urea groups is 1. The maximum absolute atomic E-state index is 13.2. The molecule has 1 aliphatic carbocycles. The zero-order chi connectivity index (χ0) is 20.6. The van der Waals surface area contributed by atoms with Crippen LogP contribution in [-0.4, -0.2) is 48.3 Å². The van der Waals surface area contributed by atoms with E-state index in [4.69, 9.17) is 4.74 Å². The standard InChI is InChI=1S/C22H23N3O4/c1-24(13-15-6-5-8-17(12-15)29-2)19(26)14-25-20(27)22(23-21(25)28)11-10-16-7-3-4-9-18(16)22/h3-9,12H,10-11,13-14H2,1-2H3,(H,23,28)/t22-/m0/s1. The summed E-state index contributed by atoms with van der Waals surface area (Å²) in [5.74, 6) is 0.0505. The summed E-state index contributed by atoms with van der Waals surface area (Å²) in [4.78, 5) is 41.0. The first-order valence-corrected chi connectivity index (χ1v) is 9.54. The van der Waals surface area contributed by atoms with Gasteiger partial charge >= 0.3 is 6.03 Å². The van der Waals surface area contributed by atoms with Crippen molar-refractivity contribution in [3.05, 3.63) is 65.2 Å². The fourth-order valence-corrected chi connectivity index (χ4v) is 4.12. The molecule has 1 fully saturated rings. The number of hydrogen-bond donors (Lipinski definition) is 1. The number of carbonyl (C=O) groups excluding carboxylic acids is 3. The zero-order valence-electron chi connectivity index (χ0n) is 16.5. The number of nitrogens with zero attached hydrogens (tertiary/aromatic N) is 2. The molecule has 4 rings (SSSR count). The van der Waals surface area contributed by atoms with E-state index < -0.39 is 11.6 Å². The molecule has 2 aromatic rings. The Balaban J connectivity index is 1.47. The molecule has 0 bridgehead atoms. The molecule has 1 heterocycles. The summed E-state index contributed by atoms with van der Waals surface area (Å²) in [5.41, 5.74) is 1.75. The number of likely N-dealkylation sites (N-methyl/N-ethyl adjacent to an activating group) is 1. The third-order valence-corrected chi connectivity index (χ3v) is 5.70. The molecule has 2 aliphatic rings. The number of aryl methyl sites for hydroxylation is 1. The number of amides is 4. The van der Waals surface area contributed by atoms with Gasteiger partial charge in [-0.1, -0.05) is 36.4 Å². The molecule has 1 saturated heterocycles. The average Bonchev–Trinajstić information content (AvgIpc) is 3.21. The van der Waals surface area contributed by atoms with Crippen LogP contribution in [0.5, 0.6) is 5.75 Å². The smallest absolute Gasteiger partial charge is 0.325 e. The fraction of sp³-hybridized carbons (Fsp3) is 0.318. The van der Waals surface area contributed by atoms with Crippen molar-refractivity contribution in [3.8, 4) is 5.75 Å². The Morgan fingerprint density at radius 1 is 1.21 bits per heavy atom. The van der Waals surface area contributed by atoms with Gasteiger partial charge in [0.1, 0.15) is 17.8 Å². The zero-order valence-corrected chi connectivity index (χ0v) is 16.5. The van der Waals surface area contributed by atoms with Crippen molar-refractivity contribution < 1.29 is 19.1 Å². The second-order valence-corrected chi connectivity index (χ2v) is 7.49. The van der Waals surface area contributed by atoms with Crippen molar-refractivity contribution in [1.29, 1.82) is 0 Å². The van der Waals surface area contributed by atoms with Crippen LogP contribution in [0.4, 0.5) is 4.79 Å². The molecular formula is C22H23N3O4. The summed E-state index contributed by atoms with van der Waals surface area (Å²) in [6.07, 6.45) is 1.24. The lowest BCUT2D eigenvalue weighted by atomic mass is 9.92. The SMILES string of the molecule is COc1cccc(CN(C)C(=O)CN2C(=O)N[C@]3(CCc4ccccc43)C2=O)c1. The second kappa shape index (κ2) is 7.24.